The average Bonchev–Trinajstić information content (AvgIpc) is 2.44. The van der Waals surface area contributed by atoms with Crippen LogP contribution >= 0.6 is 0 Å². The number of rotatable bonds is 8. The monoisotopic (exact) mass is 335 g/mol. The number of piperidine rings is 1. The zero-order chi connectivity index (χ0) is 16.8. The quantitative estimate of drug-likeness (QED) is 0.646. The molecule has 130 valence electrons. The van der Waals surface area contributed by atoms with Gasteiger partial charge in [0.15, 0.2) is 0 Å². The lowest BCUT2D eigenvalue weighted by Gasteiger charge is -2.33. The van der Waals surface area contributed by atoms with E-state index in [0.29, 0.717) is 19.0 Å². The number of carbonyl (C=O) groups is 1. The Balaban J connectivity index is 2.31. The van der Waals surface area contributed by atoms with Crippen LogP contribution in [0.3, 0.4) is 0 Å². The summed E-state index contributed by atoms with van der Waals surface area (Å²) in [5.74, 6) is 0.121. The van der Waals surface area contributed by atoms with Gasteiger partial charge in [0.05, 0.1) is 25.0 Å². The highest BCUT2D eigenvalue weighted by atomic mass is 32.2. The van der Waals surface area contributed by atoms with Crippen LogP contribution in [-0.4, -0.2) is 63.4 Å². The number of nitrogens with one attached hydrogen (secondary N) is 1. The predicted octanol–water partition coefficient (Wildman–Crippen LogP) is -0.0834. The lowest BCUT2D eigenvalue weighted by atomic mass is 9.91. The van der Waals surface area contributed by atoms with E-state index < -0.39 is 10.0 Å². The van der Waals surface area contributed by atoms with Crippen LogP contribution in [0.1, 0.15) is 33.6 Å². The molecule has 8 heteroatoms. The largest absolute Gasteiger partial charge is 0.378 e. The summed E-state index contributed by atoms with van der Waals surface area (Å²) in [6.45, 7) is 6.89. The smallest absolute Gasteiger partial charge is 0.237 e. The molecule has 1 unspecified atom stereocenters. The van der Waals surface area contributed by atoms with Gasteiger partial charge >= 0.3 is 0 Å². The standard InChI is InChI=1S/C14H29N3O4S/c1-11(2)21-8-9-22(19,20)16-10-14(18)17-6-4-13(5-7-17)12(3)15/h11-13,16H,4-10,15H2,1-3H3. The fraction of sp³-hybridized carbons (Fsp3) is 0.929. The van der Waals surface area contributed by atoms with E-state index >= 15 is 0 Å². The molecule has 1 aliphatic rings. The molecule has 7 nitrogen and oxygen atoms in total. The minimum absolute atomic E-state index is 0.0111. The van der Waals surface area contributed by atoms with Gasteiger partial charge < -0.3 is 15.4 Å². The van der Waals surface area contributed by atoms with Gasteiger partial charge in [-0.25, -0.2) is 13.1 Å². The summed E-state index contributed by atoms with van der Waals surface area (Å²) in [6.07, 6.45) is 1.74. The van der Waals surface area contributed by atoms with Crippen LogP contribution in [0.5, 0.6) is 0 Å². The maximum atomic E-state index is 12.0. The third-order valence-electron chi connectivity index (χ3n) is 3.88. The highest BCUT2D eigenvalue weighted by Crippen LogP contribution is 2.19. The van der Waals surface area contributed by atoms with Gasteiger partial charge in [0.1, 0.15) is 0 Å². The molecule has 0 aromatic heterocycles. The number of hydrogen-bond acceptors (Lipinski definition) is 5. The van der Waals surface area contributed by atoms with Crippen molar-refractivity contribution >= 4 is 15.9 Å². The highest BCUT2D eigenvalue weighted by Gasteiger charge is 2.25. The third-order valence-corrected chi connectivity index (χ3v) is 5.17. The average molecular weight is 335 g/mol. The summed E-state index contributed by atoms with van der Waals surface area (Å²) in [5, 5.41) is 0. The minimum Gasteiger partial charge on any atom is -0.378 e. The molecule has 1 saturated heterocycles. The Kier molecular flexibility index (Phi) is 7.75. The highest BCUT2D eigenvalue weighted by molar-refractivity contribution is 7.89. The van der Waals surface area contributed by atoms with Gasteiger partial charge in [-0.1, -0.05) is 0 Å². The molecular formula is C14H29N3O4S. The van der Waals surface area contributed by atoms with E-state index in [0.717, 1.165) is 12.8 Å². The maximum Gasteiger partial charge on any atom is 0.237 e. The molecule has 0 aromatic rings. The fourth-order valence-electron chi connectivity index (χ4n) is 2.42. The Labute approximate surface area is 133 Å². The van der Waals surface area contributed by atoms with E-state index in [-0.39, 0.29) is 37.0 Å². The topological polar surface area (TPSA) is 102 Å². The molecule has 3 N–H and O–H groups in total. The van der Waals surface area contributed by atoms with Crippen molar-refractivity contribution in [3.05, 3.63) is 0 Å². The van der Waals surface area contributed by atoms with Crippen molar-refractivity contribution in [2.45, 2.75) is 45.8 Å². The normalized spacial score (nSPS) is 18.7. The number of likely N-dealkylation sites (tertiary alicyclic amines) is 1. The van der Waals surface area contributed by atoms with Crippen molar-refractivity contribution in [2.24, 2.45) is 11.7 Å². The second-order valence-electron chi connectivity index (χ2n) is 6.14. The summed E-state index contributed by atoms with van der Waals surface area (Å²) in [4.78, 5) is 13.7. The second kappa shape index (κ2) is 8.81. The molecule has 0 aliphatic carbocycles. The zero-order valence-corrected chi connectivity index (χ0v) is 14.6. The van der Waals surface area contributed by atoms with Gasteiger partial charge in [0.2, 0.25) is 15.9 Å². The van der Waals surface area contributed by atoms with E-state index in [4.69, 9.17) is 10.5 Å². The third kappa shape index (κ3) is 7.04. The van der Waals surface area contributed by atoms with Gasteiger partial charge in [-0.15, -0.1) is 0 Å². The molecule has 1 amide bonds. The molecule has 0 radical (unpaired) electrons. The van der Waals surface area contributed by atoms with Crippen LogP contribution in [-0.2, 0) is 19.6 Å². The number of amides is 1. The van der Waals surface area contributed by atoms with E-state index in [1.807, 2.05) is 20.8 Å². The SMILES string of the molecule is CC(C)OCCS(=O)(=O)NCC(=O)N1CCC(C(C)N)CC1. The Bertz CT molecular complexity index is 443. The molecule has 1 heterocycles. The Morgan fingerprint density at radius 3 is 2.41 bits per heavy atom. The van der Waals surface area contributed by atoms with E-state index in [1.54, 1.807) is 4.90 Å². The molecule has 0 aromatic carbocycles. The number of carbonyl (C=O) groups excluding carboxylic acids is 1. The van der Waals surface area contributed by atoms with Crippen LogP contribution < -0.4 is 10.5 Å². The first kappa shape index (κ1) is 19.3. The Morgan fingerprint density at radius 2 is 1.91 bits per heavy atom. The summed E-state index contributed by atoms with van der Waals surface area (Å²) in [6, 6.07) is 0.136. The minimum atomic E-state index is -3.48. The Morgan fingerprint density at radius 1 is 1.32 bits per heavy atom. The first-order chi connectivity index (χ1) is 10.2. The van der Waals surface area contributed by atoms with Gasteiger partial charge in [-0.05, 0) is 39.5 Å². The number of ether oxygens (including phenoxy) is 1. The molecule has 0 spiro atoms. The number of nitrogens with zero attached hydrogens (tertiary/aromatic N) is 1. The lowest BCUT2D eigenvalue weighted by Crippen LogP contribution is -2.46. The van der Waals surface area contributed by atoms with Gasteiger partial charge in [-0.3, -0.25) is 4.79 Å². The van der Waals surface area contributed by atoms with Gasteiger partial charge in [0.25, 0.3) is 0 Å². The summed E-state index contributed by atoms with van der Waals surface area (Å²) < 4.78 is 31.1. The van der Waals surface area contributed by atoms with Crippen LogP contribution in [0.25, 0.3) is 0 Å². The molecule has 1 aliphatic heterocycles. The molecule has 1 rings (SSSR count). The van der Waals surface area contributed by atoms with Crippen molar-refractivity contribution in [1.29, 1.82) is 0 Å². The first-order valence-corrected chi connectivity index (χ1v) is 9.49. The van der Waals surface area contributed by atoms with E-state index in [9.17, 15) is 13.2 Å². The predicted molar refractivity (Wildman–Crippen MR) is 85.8 cm³/mol. The molecule has 0 bridgehead atoms. The molecule has 1 fully saturated rings. The van der Waals surface area contributed by atoms with Gasteiger partial charge in [0, 0.05) is 19.1 Å². The van der Waals surface area contributed by atoms with Crippen LogP contribution in [0.4, 0.5) is 0 Å². The molecule has 1 atom stereocenters. The number of hydrogen-bond donors (Lipinski definition) is 2. The first-order valence-electron chi connectivity index (χ1n) is 7.83. The number of sulfonamides is 1. The van der Waals surface area contributed by atoms with Crippen molar-refractivity contribution in [3.8, 4) is 0 Å². The summed E-state index contributed by atoms with van der Waals surface area (Å²) in [7, 11) is -3.48. The fourth-order valence-corrected chi connectivity index (χ4v) is 3.23. The maximum absolute atomic E-state index is 12.0. The molecule has 0 saturated carbocycles. The second-order valence-corrected chi connectivity index (χ2v) is 8.06. The van der Waals surface area contributed by atoms with E-state index in [2.05, 4.69) is 4.72 Å². The van der Waals surface area contributed by atoms with Crippen molar-refractivity contribution in [2.75, 3.05) is 32.0 Å². The zero-order valence-electron chi connectivity index (χ0n) is 13.7. The van der Waals surface area contributed by atoms with E-state index in [1.165, 1.54) is 0 Å². The van der Waals surface area contributed by atoms with Crippen molar-refractivity contribution in [1.82, 2.24) is 9.62 Å². The van der Waals surface area contributed by atoms with Crippen LogP contribution in [0, 0.1) is 5.92 Å². The van der Waals surface area contributed by atoms with Crippen LogP contribution in [0.2, 0.25) is 0 Å². The van der Waals surface area contributed by atoms with Crippen molar-refractivity contribution < 1.29 is 17.9 Å². The molecular weight excluding hydrogens is 306 g/mol. The van der Waals surface area contributed by atoms with Crippen LogP contribution in [0.15, 0.2) is 0 Å². The molecule has 22 heavy (non-hydrogen) atoms. The lowest BCUT2D eigenvalue weighted by molar-refractivity contribution is -0.131. The Hall–Kier alpha value is -0.700. The number of nitrogens with two attached hydrogens (primary N) is 1. The summed E-state index contributed by atoms with van der Waals surface area (Å²) >= 11 is 0. The summed E-state index contributed by atoms with van der Waals surface area (Å²) in [5.41, 5.74) is 5.87. The van der Waals surface area contributed by atoms with Gasteiger partial charge in [-0.2, -0.15) is 0 Å². The van der Waals surface area contributed by atoms with Crippen molar-refractivity contribution in [3.63, 3.8) is 0 Å².